The van der Waals surface area contributed by atoms with Crippen molar-refractivity contribution in [2.45, 2.75) is 25.6 Å². The lowest BCUT2D eigenvalue weighted by Gasteiger charge is -2.25. The number of amides is 1. The third kappa shape index (κ3) is 2.94. The summed E-state index contributed by atoms with van der Waals surface area (Å²) in [5, 5.41) is 11.2. The molecular weight excluding hydrogens is 271 g/mol. The zero-order valence-corrected chi connectivity index (χ0v) is 10.4. The highest BCUT2D eigenvalue weighted by Crippen LogP contribution is 2.32. The quantitative estimate of drug-likeness (QED) is 0.876. The van der Waals surface area contributed by atoms with Gasteiger partial charge in [-0.2, -0.15) is 13.2 Å². The Hall–Kier alpha value is -1.27. The van der Waals surface area contributed by atoms with Crippen molar-refractivity contribution in [3.8, 4) is 0 Å². The molecule has 100 valence electrons. The summed E-state index contributed by atoms with van der Waals surface area (Å²) in [6.45, 7) is 2.12. The van der Waals surface area contributed by atoms with Gasteiger partial charge in [-0.25, -0.2) is 0 Å². The third-order valence-electron chi connectivity index (χ3n) is 2.37. The van der Waals surface area contributed by atoms with Crippen LogP contribution in [0.1, 0.15) is 12.5 Å². The van der Waals surface area contributed by atoms with Gasteiger partial charge in [0.25, 0.3) is 5.91 Å². The first kappa shape index (κ1) is 14.8. The van der Waals surface area contributed by atoms with Crippen LogP contribution in [-0.4, -0.2) is 22.8 Å². The minimum Gasteiger partial charge on any atom is -0.373 e. The first-order valence-corrected chi connectivity index (χ1v) is 5.30. The molecule has 0 radical (unpaired) electrons. The zero-order chi connectivity index (χ0) is 14.1. The Balaban J connectivity index is 2.95. The molecule has 0 fully saturated rings. The van der Waals surface area contributed by atoms with Gasteiger partial charge in [-0.1, -0.05) is 17.7 Å². The van der Waals surface area contributed by atoms with Crippen LogP contribution in [0, 0.1) is 6.92 Å². The number of benzene rings is 1. The van der Waals surface area contributed by atoms with Crippen molar-refractivity contribution in [3.63, 3.8) is 0 Å². The monoisotopic (exact) mass is 281 g/mol. The molecule has 0 aliphatic heterocycles. The fourth-order valence-electron chi connectivity index (χ4n) is 1.09. The summed E-state index contributed by atoms with van der Waals surface area (Å²) in [5.41, 5.74) is -2.67. The normalized spacial score (nSPS) is 15.1. The summed E-state index contributed by atoms with van der Waals surface area (Å²) >= 11 is 5.76. The Morgan fingerprint density at radius 1 is 1.39 bits per heavy atom. The van der Waals surface area contributed by atoms with Gasteiger partial charge in [0.1, 0.15) is 0 Å². The lowest BCUT2D eigenvalue weighted by atomic mass is 10.1. The predicted molar refractivity (Wildman–Crippen MR) is 61.5 cm³/mol. The Kier molecular flexibility index (Phi) is 3.92. The average molecular weight is 282 g/mol. The Morgan fingerprint density at radius 2 is 1.94 bits per heavy atom. The van der Waals surface area contributed by atoms with Gasteiger partial charge in [-0.15, -0.1) is 0 Å². The van der Waals surface area contributed by atoms with E-state index in [1.807, 2.05) is 5.32 Å². The van der Waals surface area contributed by atoms with Crippen molar-refractivity contribution in [2.75, 3.05) is 5.32 Å². The smallest absolute Gasteiger partial charge is 0.373 e. The van der Waals surface area contributed by atoms with Crippen molar-refractivity contribution >= 4 is 23.2 Å². The molecule has 1 amide bonds. The Labute approximate surface area is 107 Å². The van der Waals surface area contributed by atoms with Gasteiger partial charge in [0.2, 0.25) is 5.60 Å². The highest BCUT2D eigenvalue weighted by atomic mass is 35.5. The van der Waals surface area contributed by atoms with Gasteiger partial charge in [0, 0.05) is 0 Å². The van der Waals surface area contributed by atoms with E-state index in [0.29, 0.717) is 6.92 Å². The molecule has 1 unspecified atom stereocenters. The second-order valence-electron chi connectivity index (χ2n) is 4.01. The number of rotatable bonds is 2. The van der Waals surface area contributed by atoms with Crippen molar-refractivity contribution < 1.29 is 23.1 Å². The van der Waals surface area contributed by atoms with E-state index >= 15 is 0 Å². The minimum absolute atomic E-state index is 0.0109. The number of hydrogen-bond acceptors (Lipinski definition) is 2. The van der Waals surface area contributed by atoms with Gasteiger partial charge >= 0.3 is 6.18 Å². The molecule has 1 aromatic carbocycles. The summed E-state index contributed by atoms with van der Waals surface area (Å²) in [4.78, 5) is 11.4. The summed E-state index contributed by atoms with van der Waals surface area (Å²) in [7, 11) is 0. The van der Waals surface area contributed by atoms with E-state index in [1.54, 1.807) is 13.0 Å². The topological polar surface area (TPSA) is 49.3 Å². The second kappa shape index (κ2) is 4.78. The van der Waals surface area contributed by atoms with Crippen molar-refractivity contribution in [1.29, 1.82) is 0 Å². The fraction of sp³-hybridized carbons (Fsp3) is 0.364. The average Bonchev–Trinajstić information content (AvgIpc) is 2.20. The largest absolute Gasteiger partial charge is 0.426 e. The maximum absolute atomic E-state index is 12.4. The number of aliphatic hydroxyl groups is 1. The van der Waals surface area contributed by atoms with Gasteiger partial charge in [-0.3, -0.25) is 4.79 Å². The van der Waals surface area contributed by atoms with E-state index < -0.39 is 17.7 Å². The van der Waals surface area contributed by atoms with Crippen LogP contribution in [0.25, 0.3) is 0 Å². The van der Waals surface area contributed by atoms with E-state index in [1.165, 1.54) is 12.1 Å². The molecule has 1 rings (SSSR count). The van der Waals surface area contributed by atoms with Gasteiger partial charge < -0.3 is 10.4 Å². The maximum Gasteiger partial charge on any atom is 0.426 e. The van der Waals surface area contributed by atoms with Crippen molar-refractivity contribution in [1.82, 2.24) is 0 Å². The molecule has 7 heteroatoms. The highest BCUT2D eigenvalue weighted by Gasteiger charge is 2.55. The van der Waals surface area contributed by atoms with Crippen LogP contribution in [0.2, 0.25) is 5.02 Å². The van der Waals surface area contributed by atoms with Crippen LogP contribution in [0.4, 0.5) is 18.9 Å². The van der Waals surface area contributed by atoms with Gasteiger partial charge in [0.05, 0.1) is 10.7 Å². The molecule has 1 aromatic rings. The van der Waals surface area contributed by atoms with E-state index in [-0.39, 0.29) is 10.7 Å². The number of nitrogens with one attached hydrogen (secondary N) is 1. The molecule has 0 aliphatic rings. The highest BCUT2D eigenvalue weighted by molar-refractivity contribution is 6.33. The molecule has 0 aromatic heterocycles. The summed E-state index contributed by atoms with van der Waals surface area (Å²) in [6, 6.07) is 4.42. The Bertz CT molecular complexity index is 472. The predicted octanol–water partition coefficient (Wildman–Crippen LogP) is 2.90. The number of hydrogen-bond donors (Lipinski definition) is 2. The molecule has 1 atom stereocenters. The van der Waals surface area contributed by atoms with Crippen molar-refractivity contribution in [3.05, 3.63) is 28.8 Å². The van der Waals surface area contributed by atoms with E-state index in [4.69, 9.17) is 16.7 Å². The SMILES string of the molecule is Cc1ccc(NC(=O)C(C)(O)C(F)(F)F)c(Cl)c1. The molecule has 3 nitrogen and oxygen atoms in total. The van der Waals surface area contributed by atoms with E-state index in [9.17, 15) is 18.0 Å². The summed E-state index contributed by atoms with van der Waals surface area (Å²) < 4.78 is 37.2. The summed E-state index contributed by atoms with van der Waals surface area (Å²) in [5.74, 6) is -1.58. The first-order chi connectivity index (χ1) is 8.05. The fourth-order valence-corrected chi connectivity index (χ4v) is 1.38. The molecule has 0 spiro atoms. The van der Waals surface area contributed by atoms with Crippen LogP contribution < -0.4 is 5.32 Å². The number of alkyl halides is 3. The Morgan fingerprint density at radius 3 is 2.39 bits per heavy atom. The van der Waals surface area contributed by atoms with Crippen LogP contribution in [0.5, 0.6) is 0 Å². The first-order valence-electron chi connectivity index (χ1n) is 4.92. The van der Waals surface area contributed by atoms with Gasteiger partial charge in [-0.05, 0) is 31.5 Å². The summed E-state index contributed by atoms with van der Waals surface area (Å²) in [6.07, 6.45) is -5.06. The molecule has 0 aliphatic carbocycles. The zero-order valence-electron chi connectivity index (χ0n) is 9.60. The lowest BCUT2D eigenvalue weighted by Crippen LogP contribution is -2.52. The van der Waals surface area contributed by atoms with Gasteiger partial charge in [0.15, 0.2) is 0 Å². The molecule has 0 saturated heterocycles. The van der Waals surface area contributed by atoms with Crippen LogP contribution in [0.15, 0.2) is 18.2 Å². The maximum atomic E-state index is 12.4. The number of carbonyl (C=O) groups excluding carboxylic acids is 1. The van der Waals surface area contributed by atoms with Crippen LogP contribution >= 0.6 is 11.6 Å². The molecule has 0 bridgehead atoms. The number of aryl methyl sites for hydroxylation is 1. The van der Waals surface area contributed by atoms with Crippen LogP contribution in [0.3, 0.4) is 0 Å². The lowest BCUT2D eigenvalue weighted by molar-refractivity contribution is -0.242. The second-order valence-corrected chi connectivity index (χ2v) is 4.41. The molecule has 0 saturated carbocycles. The number of carbonyl (C=O) groups is 1. The van der Waals surface area contributed by atoms with E-state index in [0.717, 1.165) is 5.56 Å². The molecule has 18 heavy (non-hydrogen) atoms. The third-order valence-corrected chi connectivity index (χ3v) is 2.68. The van der Waals surface area contributed by atoms with Crippen molar-refractivity contribution in [2.24, 2.45) is 0 Å². The minimum atomic E-state index is -5.06. The molecule has 2 N–H and O–H groups in total. The molecular formula is C11H11ClF3NO2. The van der Waals surface area contributed by atoms with E-state index in [2.05, 4.69) is 0 Å². The standard InChI is InChI=1S/C11H11ClF3NO2/c1-6-3-4-8(7(12)5-6)16-9(17)10(2,18)11(13,14)15/h3-5,18H,1-2H3,(H,16,17). The number of halogens is 4. The number of anilines is 1. The van der Waals surface area contributed by atoms with Crippen LogP contribution in [-0.2, 0) is 4.79 Å². The molecule has 0 heterocycles.